The quantitative estimate of drug-likeness (QED) is 0.813. The molecular weight excluding hydrogens is 302 g/mol. The van der Waals surface area contributed by atoms with Crippen LogP contribution in [-0.2, 0) is 0 Å². The van der Waals surface area contributed by atoms with Gasteiger partial charge in [-0.25, -0.2) is 4.98 Å². The highest BCUT2D eigenvalue weighted by Crippen LogP contribution is 2.31. The van der Waals surface area contributed by atoms with Gasteiger partial charge < -0.3 is 10.2 Å². The van der Waals surface area contributed by atoms with Crippen LogP contribution in [-0.4, -0.2) is 35.6 Å². The normalized spacial score (nSPS) is 20.0. The van der Waals surface area contributed by atoms with E-state index in [2.05, 4.69) is 22.1 Å². The molecule has 114 valence electrons. The van der Waals surface area contributed by atoms with Gasteiger partial charge in [-0.1, -0.05) is 35.4 Å². The lowest BCUT2D eigenvalue weighted by atomic mass is 10.0. The summed E-state index contributed by atoms with van der Waals surface area (Å²) in [5.41, 5.74) is 0.986. The Kier molecular flexibility index (Phi) is 4.99. The molecule has 0 bridgehead atoms. The average Bonchev–Trinajstić information content (AvgIpc) is 2.90. The number of nitrogens with one attached hydrogen (secondary N) is 1. The number of halogens is 1. The predicted octanol–water partition coefficient (Wildman–Crippen LogP) is 4.63. The number of benzene rings is 1. The third kappa shape index (κ3) is 3.68. The van der Waals surface area contributed by atoms with Crippen LogP contribution < -0.4 is 5.32 Å². The van der Waals surface area contributed by atoms with Gasteiger partial charge in [0.15, 0.2) is 5.13 Å². The molecular formula is C16H22ClN3S. The largest absolute Gasteiger partial charge is 0.361 e. The molecule has 1 N–H and O–H groups in total. The van der Waals surface area contributed by atoms with Crippen LogP contribution >= 0.6 is 22.9 Å². The molecule has 0 aliphatic carbocycles. The molecule has 3 nitrogen and oxygen atoms in total. The van der Waals surface area contributed by atoms with Gasteiger partial charge >= 0.3 is 0 Å². The highest BCUT2D eigenvalue weighted by molar-refractivity contribution is 7.22. The van der Waals surface area contributed by atoms with Gasteiger partial charge in [0.25, 0.3) is 0 Å². The fourth-order valence-electron chi connectivity index (χ4n) is 2.96. The lowest BCUT2D eigenvalue weighted by molar-refractivity contribution is 0.160. The number of rotatable bonds is 5. The second-order valence-electron chi connectivity index (χ2n) is 5.77. The van der Waals surface area contributed by atoms with Crippen LogP contribution in [0.4, 0.5) is 5.13 Å². The van der Waals surface area contributed by atoms with Crippen molar-refractivity contribution in [2.24, 2.45) is 0 Å². The van der Waals surface area contributed by atoms with Crippen LogP contribution in [0.2, 0.25) is 5.02 Å². The maximum absolute atomic E-state index is 6.19. The first kappa shape index (κ1) is 15.1. The zero-order valence-corrected chi connectivity index (χ0v) is 14.0. The molecule has 2 aromatic rings. The minimum atomic E-state index is 0.750. The standard InChI is InChI=1S/C16H22ClN3S/c1-12-6-2-3-10-20(12)11-5-9-18-16-19-14-8-4-7-13(17)15(14)21-16/h4,7-8,12H,2-3,5-6,9-11H2,1H3,(H,18,19). The summed E-state index contributed by atoms with van der Waals surface area (Å²) in [5, 5.41) is 5.21. The summed E-state index contributed by atoms with van der Waals surface area (Å²) in [6.45, 7) is 5.76. The van der Waals surface area contributed by atoms with E-state index in [0.29, 0.717) is 0 Å². The van der Waals surface area contributed by atoms with E-state index >= 15 is 0 Å². The van der Waals surface area contributed by atoms with Crippen molar-refractivity contribution < 1.29 is 0 Å². The van der Waals surface area contributed by atoms with Crippen LogP contribution in [0.15, 0.2) is 18.2 Å². The molecule has 21 heavy (non-hydrogen) atoms. The Morgan fingerprint density at radius 3 is 3.14 bits per heavy atom. The molecule has 1 aliphatic heterocycles. The topological polar surface area (TPSA) is 28.2 Å². The molecule has 5 heteroatoms. The number of hydrogen-bond acceptors (Lipinski definition) is 4. The van der Waals surface area contributed by atoms with Gasteiger partial charge in [-0.3, -0.25) is 0 Å². The lowest BCUT2D eigenvalue weighted by Gasteiger charge is -2.33. The number of aromatic nitrogens is 1. The van der Waals surface area contributed by atoms with Crippen molar-refractivity contribution in [1.82, 2.24) is 9.88 Å². The summed E-state index contributed by atoms with van der Waals surface area (Å²) in [6.07, 6.45) is 5.26. The molecule has 1 fully saturated rings. The Labute approximate surface area is 135 Å². The molecule has 1 saturated heterocycles. The molecule has 1 atom stereocenters. The van der Waals surface area contributed by atoms with Crippen molar-refractivity contribution in [1.29, 1.82) is 0 Å². The summed E-state index contributed by atoms with van der Waals surface area (Å²) in [5.74, 6) is 0. The van der Waals surface area contributed by atoms with Gasteiger partial charge in [-0.2, -0.15) is 0 Å². The Balaban J connectivity index is 1.49. The second kappa shape index (κ2) is 6.95. The van der Waals surface area contributed by atoms with E-state index in [-0.39, 0.29) is 0 Å². The van der Waals surface area contributed by atoms with Crippen molar-refractivity contribution in [2.75, 3.05) is 25.0 Å². The van der Waals surface area contributed by atoms with Crippen molar-refractivity contribution in [2.45, 2.75) is 38.6 Å². The Bertz CT molecular complexity index is 598. The fraction of sp³-hybridized carbons (Fsp3) is 0.562. The fourth-order valence-corrected chi connectivity index (χ4v) is 4.14. The molecule has 0 radical (unpaired) electrons. The average molecular weight is 324 g/mol. The summed E-state index contributed by atoms with van der Waals surface area (Å²) < 4.78 is 1.08. The molecule has 2 heterocycles. The molecule has 1 aliphatic rings. The van der Waals surface area contributed by atoms with E-state index in [4.69, 9.17) is 11.6 Å². The maximum Gasteiger partial charge on any atom is 0.183 e. The first-order valence-corrected chi connectivity index (χ1v) is 8.96. The van der Waals surface area contributed by atoms with Crippen molar-refractivity contribution in [3.05, 3.63) is 23.2 Å². The molecule has 1 aromatic heterocycles. The zero-order valence-electron chi connectivity index (χ0n) is 12.4. The number of likely N-dealkylation sites (tertiary alicyclic amines) is 1. The van der Waals surface area contributed by atoms with Gasteiger partial charge in [0.05, 0.1) is 15.2 Å². The van der Waals surface area contributed by atoms with Crippen LogP contribution in [0.25, 0.3) is 10.2 Å². The monoisotopic (exact) mass is 323 g/mol. The third-order valence-electron chi connectivity index (χ3n) is 4.21. The molecule has 3 rings (SSSR count). The van der Waals surface area contributed by atoms with Gasteiger partial charge in [0, 0.05) is 19.1 Å². The van der Waals surface area contributed by atoms with E-state index in [1.807, 2.05) is 18.2 Å². The van der Waals surface area contributed by atoms with Gasteiger partial charge in [0.2, 0.25) is 0 Å². The summed E-state index contributed by atoms with van der Waals surface area (Å²) in [7, 11) is 0. The third-order valence-corrected chi connectivity index (χ3v) is 5.70. The number of nitrogens with zero attached hydrogens (tertiary/aromatic N) is 2. The smallest absolute Gasteiger partial charge is 0.183 e. The minimum Gasteiger partial charge on any atom is -0.361 e. The van der Waals surface area contributed by atoms with Crippen LogP contribution in [0.1, 0.15) is 32.6 Å². The SMILES string of the molecule is CC1CCCCN1CCCNc1nc2cccc(Cl)c2s1. The highest BCUT2D eigenvalue weighted by atomic mass is 35.5. The first-order valence-electron chi connectivity index (χ1n) is 7.77. The van der Waals surface area contributed by atoms with E-state index < -0.39 is 0 Å². The Hall–Kier alpha value is -0.840. The molecule has 0 spiro atoms. The zero-order chi connectivity index (χ0) is 14.7. The van der Waals surface area contributed by atoms with E-state index in [9.17, 15) is 0 Å². The minimum absolute atomic E-state index is 0.750. The number of anilines is 1. The number of fused-ring (bicyclic) bond motifs is 1. The van der Waals surface area contributed by atoms with Crippen molar-refractivity contribution in [3.8, 4) is 0 Å². The van der Waals surface area contributed by atoms with Crippen LogP contribution in [0.5, 0.6) is 0 Å². The van der Waals surface area contributed by atoms with Gasteiger partial charge in [-0.05, 0) is 44.9 Å². The van der Waals surface area contributed by atoms with Gasteiger partial charge in [-0.15, -0.1) is 0 Å². The molecule has 1 unspecified atom stereocenters. The molecule has 0 saturated carbocycles. The van der Waals surface area contributed by atoms with Crippen LogP contribution in [0.3, 0.4) is 0 Å². The Morgan fingerprint density at radius 2 is 2.33 bits per heavy atom. The van der Waals surface area contributed by atoms with E-state index in [0.717, 1.165) is 39.4 Å². The number of piperidine rings is 1. The highest BCUT2D eigenvalue weighted by Gasteiger charge is 2.17. The molecule has 0 amide bonds. The second-order valence-corrected chi connectivity index (χ2v) is 7.17. The number of thiazole rings is 1. The van der Waals surface area contributed by atoms with Crippen molar-refractivity contribution >= 4 is 38.3 Å². The van der Waals surface area contributed by atoms with Crippen LogP contribution in [0, 0.1) is 0 Å². The van der Waals surface area contributed by atoms with Gasteiger partial charge in [0.1, 0.15) is 0 Å². The number of hydrogen-bond donors (Lipinski definition) is 1. The Morgan fingerprint density at radius 1 is 1.43 bits per heavy atom. The maximum atomic E-state index is 6.19. The summed E-state index contributed by atoms with van der Waals surface area (Å²) in [6, 6.07) is 6.63. The van der Waals surface area contributed by atoms with E-state index in [1.165, 1.54) is 32.4 Å². The van der Waals surface area contributed by atoms with Crippen molar-refractivity contribution in [3.63, 3.8) is 0 Å². The van der Waals surface area contributed by atoms with E-state index in [1.54, 1.807) is 11.3 Å². The lowest BCUT2D eigenvalue weighted by Crippen LogP contribution is -2.38. The summed E-state index contributed by atoms with van der Waals surface area (Å²) in [4.78, 5) is 7.19. The summed E-state index contributed by atoms with van der Waals surface area (Å²) >= 11 is 7.83. The first-order chi connectivity index (χ1) is 10.2. The predicted molar refractivity (Wildman–Crippen MR) is 92.6 cm³/mol. The molecule has 1 aromatic carbocycles.